The summed E-state index contributed by atoms with van der Waals surface area (Å²) in [5.74, 6) is 0.545. The molecule has 1 atom stereocenters. The maximum Gasteiger partial charge on any atom is 0.0874 e. The van der Waals surface area contributed by atoms with Gasteiger partial charge in [0.25, 0.3) is 0 Å². The quantitative estimate of drug-likeness (QED) is 0.883. The number of para-hydroxylation sites is 1. The molecule has 1 aromatic rings. The summed E-state index contributed by atoms with van der Waals surface area (Å²) in [7, 11) is 0. The van der Waals surface area contributed by atoms with Crippen LogP contribution in [0.1, 0.15) is 32.3 Å². The highest BCUT2D eigenvalue weighted by Crippen LogP contribution is 2.23. The van der Waals surface area contributed by atoms with E-state index in [4.69, 9.17) is 4.74 Å². The maximum absolute atomic E-state index is 5.83. The van der Waals surface area contributed by atoms with Crippen molar-refractivity contribution in [3.63, 3.8) is 0 Å². The molecule has 1 heterocycles. The van der Waals surface area contributed by atoms with Crippen LogP contribution in [0.15, 0.2) is 24.3 Å². The molecule has 1 saturated heterocycles. The van der Waals surface area contributed by atoms with Crippen LogP contribution in [0.5, 0.6) is 0 Å². The second kappa shape index (κ2) is 6.92. The zero-order valence-corrected chi connectivity index (χ0v) is 12.4. The van der Waals surface area contributed by atoms with Crippen LogP contribution in [-0.2, 0) is 4.74 Å². The van der Waals surface area contributed by atoms with Crippen molar-refractivity contribution in [3.05, 3.63) is 29.8 Å². The van der Waals surface area contributed by atoms with Crippen LogP contribution < -0.4 is 5.32 Å². The van der Waals surface area contributed by atoms with Crippen LogP contribution in [0.3, 0.4) is 0 Å². The monoisotopic (exact) mass is 262 g/mol. The lowest BCUT2D eigenvalue weighted by Crippen LogP contribution is -2.45. The zero-order valence-electron chi connectivity index (χ0n) is 12.4. The van der Waals surface area contributed by atoms with E-state index in [0.717, 1.165) is 32.8 Å². The van der Waals surface area contributed by atoms with Gasteiger partial charge in [0.15, 0.2) is 0 Å². The molecule has 19 heavy (non-hydrogen) atoms. The van der Waals surface area contributed by atoms with Crippen molar-refractivity contribution in [1.82, 2.24) is 4.90 Å². The number of benzene rings is 1. The summed E-state index contributed by atoms with van der Waals surface area (Å²) in [5.41, 5.74) is 2.63. The van der Waals surface area contributed by atoms with E-state index in [2.05, 4.69) is 55.3 Å². The first-order chi connectivity index (χ1) is 9.20. The standard InChI is InChI=1S/C16H26N2O/c1-4-18-9-10-19-14(12-18)11-17-16-8-6-5-7-15(16)13(2)3/h5-8,13-14,17H,4,9-12H2,1-3H3. The second-order valence-electron chi connectivity index (χ2n) is 5.51. The van der Waals surface area contributed by atoms with E-state index >= 15 is 0 Å². The Labute approximate surface area is 116 Å². The first kappa shape index (κ1) is 14.4. The first-order valence-corrected chi connectivity index (χ1v) is 7.37. The van der Waals surface area contributed by atoms with Crippen molar-refractivity contribution < 1.29 is 4.74 Å². The fourth-order valence-electron chi connectivity index (χ4n) is 2.58. The Morgan fingerprint density at radius 2 is 2.16 bits per heavy atom. The highest BCUT2D eigenvalue weighted by Gasteiger charge is 2.19. The fraction of sp³-hybridized carbons (Fsp3) is 0.625. The van der Waals surface area contributed by atoms with E-state index in [1.807, 2.05) is 0 Å². The van der Waals surface area contributed by atoms with Crippen LogP contribution in [-0.4, -0.2) is 43.8 Å². The van der Waals surface area contributed by atoms with E-state index < -0.39 is 0 Å². The Balaban J connectivity index is 1.91. The molecular weight excluding hydrogens is 236 g/mol. The fourth-order valence-corrected chi connectivity index (χ4v) is 2.58. The molecule has 0 spiro atoms. The van der Waals surface area contributed by atoms with Gasteiger partial charge in [0.05, 0.1) is 12.7 Å². The van der Waals surface area contributed by atoms with Crippen molar-refractivity contribution in [3.8, 4) is 0 Å². The molecule has 0 bridgehead atoms. The van der Waals surface area contributed by atoms with Crippen LogP contribution in [0, 0.1) is 0 Å². The normalized spacial score (nSPS) is 20.7. The summed E-state index contributed by atoms with van der Waals surface area (Å²) in [4.78, 5) is 2.45. The maximum atomic E-state index is 5.83. The molecule has 1 unspecified atom stereocenters. The van der Waals surface area contributed by atoms with E-state index in [9.17, 15) is 0 Å². The van der Waals surface area contributed by atoms with Crippen LogP contribution in [0.2, 0.25) is 0 Å². The molecule has 0 saturated carbocycles. The smallest absolute Gasteiger partial charge is 0.0874 e. The van der Waals surface area contributed by atoms with Gasteiger partial charge >= 0.3 is 0 Å². The lowest BCUT2D eigenvalue weighted by Gasteiger charge is -2.32. The molecule has 0 radical (unpaired) electrons. The number of anilines is 1. The summed E-state index contributed by atoms with van der Waals surface area (Å²) in [6.45, 7) is 11.6. The van der Waals surface area contributed by atoms with Gasteiger partial charge in [-0.3, -0.25) is 4.90 Å². The van der Waals surface area contributed by atoms with E-state index in [-0.39, 0.29) is 0 Å². The summed E-state index contributed by atoms with van der Waals surface area (Å²) < 4.78 is 5.83. The van der Waals surface area contributed by atoms with Gasteiger partial charge in [-0.25, -0.2) is 0 Å². The van der Waals surface area contributed by atoms with Crippen molar-refractivity contribution in [2.75, 3.05) is 38.1 Å². The number of hydrogen-bond donors (Lipinski definition) is 1. The number of hydrogen-bond acceptors (Lipinski definition) is 3. The van der Waals surface area contributed by atoms with Gasteiger partial charge in [-0.2, -0.15) is 0 Å². The molecule has 1 aliphatic heterocycles. The van der Waals surface area contributed by atoms with E-state index in [0.29, 0.717) is 12.0 Å². The third-order valence-corrected chi connectivity index (χ3v) is 3.77. The lowest BCUT2D eigenvalue weighted by molar-refractivity contribution is -0.0191. The van der Waals surface area contributed by atoms with Crippen molar-refractivity contribution in [2.45, 2.75) is 32.8 Å². The molecule has 3 nitrogen and oxygen atoms in total. The van der Waals surface area contributed by atoms with Gasteiger partial charge in [0.1, 0.15) is 0 Å². The van der Waals surface area contributed by atoms with Crippen LogP contribution in [0.4, 0.5) is 5.69 Å². The third kappa shape index (κ3) is 3.95. The largest absolute Gasteiger partial charge is 0.382 e. The molecule has 3 heteroatoms. The van der Waals surface area contributed by atoms with E-state index in [1.54, 1.807) is 0 Å². The highest BCUT2D eigenvalue weighted by molar-refractivity contribution is 5.52. The molecule has 2 rings (SSSR count). The number of nitrogens with zero attached hydrogens (tertiary/aromatic N) is 1. The average Bonchev–Trinajstić information content (AvgIpc) is 2.45. The Morgan fingerprint density at radius 3 is 2.89 bits per heavy atom. The average molecular weight is 262 g/mol. The summed E-state index contributed by atoms with van der Waals surface area (Å²) in [5, 5.41) is 3.56. The molecule has 0 amide bonds. The minimum atomic E-state index is 0.300. The second-order valence-corrected chi connectivity index (χ2v) is 5.51. The summed E-state index contributed by atoms with van der Waals surface area (Å²) >= 11 is 0. The lowest BCUT2D eigenvalue weighted by atomic mass is 10.0. The van der Waals surface area contributed by atoms with Crippen LogP contribution >= 0.6 is 0 Å². The van der Waals surface area contributed by atoms with Gasteiger partial charge in [-0.15, -0.1) is 0 Å². The van der Waals surface area contributed by atoms with Gasteiger partial charge in [-0.05, 0) is 24.1 Å². The number of rotatable bonds is 5. The Hall–Kier alpha value is -1.06. The zero-order chi connectivity index (χ0) is 13.7. The number of likely N-dealkylation sites (N-methyl/N-ethyl adjacent to an activating group) is 1. The predicted molar refractivity (Wildman–Crippen MR) is 80.9 cm³/mol. The molecule has 0 aromatic heterocycles. The predicted octanol–water partition coefficient (Wildman–Crippen LogP) is 2.94. The minimum absolute atomic E-state index is 0.300. The van der Waals surface area contributed by atoms with Crippen molar-refractivity contribution in [1.29, 1.82) is 0 Å². The minimum Gasteiger partial charge on any atom is -0.382 e. The van der Waals surface area contributed by atoms with Crippen molar-refractivity contribution >= 4 is 5.69 Å². The number of ether oxygens (including phenoxy) is 1. The van der Waals surface area contributed by atoms with Crippen molar-refractivity contribution in [2.24, 2.45) is 0 Å². The molecule has 0 aliphatic carbocycles. The molecule has 106 valence electrons. The number of nitrogens with one attached hydrogen (secondary N) is 1. The Kier molecular flexibility index (Phi) is 5.23. The Morgan fingerprint density at radius 1 is 1.37 bits per heavy atom. The van der Waals surface area contributed by atoms with Gasteiger partial charge in [0, 0.05) is 25.3 Å². The summed E-state index contributed by atoms with van der Waals surface area (Å²) in [6, 6.07) is 8.56. The van der Waals surface area contributed by atoms with E-state index in [1.165, 1.54) is 11.3 Å². The molecular formula is C16H26N2O. The third-order valence-electron chi connectivity index (χ3n) is 3.77. The van der Waals surface area contributed by atoms with Crippen LogP contribution in [0.25, 0.3) is 0 Å². The molecule has 1 N–H and O–H groups in total. The molecule has 1 fully saturated rings. The topological polar surface area (TPSA) is 24.5 Å². The molecule has 1 aromatic carbocycles. The SMILES string of the molecule is CCN1CCOC(CNc2ccccc2C(C)C)C1. The number of morpholine rings is 1. The van der Waals surface area contributed by atoms with Gasteiger partial charge in [-0.1, -0.05) is 39.0 Å². The van der Waals surface area contributed by atoms with Gasteiger partial charge < -0.3 is 10.1 Å². The Bertz CT molecular complexity index is 392. The summed E-state index contributed by atoms with van der Waals surface area (Å²) in [6.07, 6.45) is 0.300. The highest BCUT2D eigenvalue weighted by atomic mass is 16.5. The first-order valence-electron chi connectivity index (χ1n) is 7.37. The van der Waals surface area contributed by atoms with Gasteiger partial charge in [0.2, 0.25) is 0 Å². The molecule has 1 aliphatic rings.